The number of likely N-dealkylation sites (N-methyl/N-ethyl adjacent to an activating group) is 1. The molecule has 0 aliphatic heterocycles. The summed E-state index contributed by atoms with van der Waals surface area (Å²) in [6.45, 7) is 3.83. The van der Waals surface area contributed by atoms with E-state index in [1.807, 2.05) is 18.2 Å². The number of hydrogen-bond donors (Lipinski definition) is 1. The fourth-order valence-electron chi connectivity index (χ4n) is 1.47. The first-order valence-electron chi connectivity index (χ1n) is 5.59. The molecule has 0 saturated carbocycles. The summed E-state index contributed by atoms with van der Waals surface area (Å²) in [5.41, 5.74) is 0.774. The minimum absolute atomic E-state index is 0.474. The van der Waals surface area contributed by atoms with E-state index in [0.29, 0.717) is 16.8 Å². The van der Waals surface area contributed by atoms with Crippen LogP contribution in [0.3, 0.4) is 0 Å². The van der Waals surface area contributed by atoms with Gasteiger partial charge in [-0.25, -0.2) is 0 Å². The van der Waals surface area contributed by atoms with E-state index in [9.17, 15) is 0 Å². The molecular formula is C12H14ClN3O. The Morgan fingerprint density at radius 3 is 2.88 bits per heavy atom. The van der Waals surface area contributed by atoms with Crippen LogP contribution in [0.15, 0.2) is 28.7 Å². The summed E-state index contributed by atoms with van der Waals surface area (Å²) in [7, 11) is 0. The quantitative estimate of drug-likeness (QED) is 0.830. The van der Waals surface area contributed by atoms with Gasteiger partial charge >= 0.3 is 0 Å². The van der Waals surface area contributed by atoms with Crippen molar-refractivity contribution in [2.45, 2.75) is 13.3 Å². The highest BCUT2D eigenvalue weighted by Gasteiger charge is 2.10. The Morgan fingerprint density at radius 2 is 2.12 bits per heavy atom. The number of hydrogen-bond acceptors (Lipinski definition) is 4. The van der Waals surface area contributed by atoms with Crippen molar-refractivity contribution in [3.8, 4) is 11.5 Å². The minimum atomic E-state index is 0.474. The largest absolute Gasteiger partial charge is 0.421 e. The lowest BCUT2D eigenvalue weighted by atomic mass is 10.2. The van der Waals surface area contributed by atoms with Crippen molar-refractivity contribution >= 4 is 11.6 Å². The van der Waals surface area contributed by atoms with E-state index >= 15 is 0 Å². The zero-order valence-electron chi connectivity index (χ0n) is 9.61. The summed E-state index contributed by atoms with van der Waals surface area (Å²) in [5.74, 6) is 1.10. The molecule has 4 nitrogen and oxygen atoms in total. The van der Waals surface area contributed by atoms with Crippen molar-refractivity contribution in [3.05, 3.63) is 35.2 Å². The predicted octanol–water partition coefficient (Wildman–Crippen LogP) is 2.54. The zero-order chi connectivity index (χ0) is 12.1. The van der Waals surface area contributed by atoms with Crippen molar-refractivity contribution in [3.63, 3.8) is 0 Å². The van der Waals surface area contributed by atoms with Crippen molar-refractivity contribution in [2.24, 2.45) is 0 Å². The van der Waals surface area contributed by atoms with Crippen LogP contribution in [0.2, 0.25) is 5.02 Å². The van der Waals surface area contributed by atoms with E-state index in [4.69, 9.17) is 16.0 Å². The van der Waals surface area contributed by atoms with Gasteiger partial charge in [0.1, 0.15) is 0 Å². The van der Waals surface area contributed by atoms with Crippen molar-refractivity contribution < 1.29 is 4.42 Å². The maximum absolute atomic E-state index is 6.05. The lowest BCUT2D eigenvalue weighted by molar-refractivity contribution is 0.496. The lowest BCUT2D eigenvalue weighted by Gasteiger charge is -1.97. The summed E-state index contributed by atoms with van der Waals surface area (Å²) in [6, 6.07) is 7.43. The third kappa shape index (κ3) is 3.05. The van der Waals surface area contributed by atoms with Crippen LogP contribution in [0.4, 0.5) is 0 Å². The molecule has 1 aromatic carbocycles. The van der Waals surface area contributed by atoms with Gasteiger partial charge < -0.3 is 9.73 Å². The fourth-order valence-corrected chi connectivity index (χ4v) is 1.69. The molecule has 0 radical (unpaired) electrons. The Bertz CT molecular complexity index is 484. The molecule has 0 fully saturated rings. The Labute approximate surface area is 105 Å². The van der Waals surface area contributed by atoms with Crippen LogP contribution >= 0.6 is 11.6 Å². The average molecular weight is 252 g/mol. The number of halogens is 1. The van der Waals surface area contributed by atoms with Gasteiger partial charge in [0.25, 0.3) is 0 Å². The Balaban J connectivity index is 2.10. The summed E-state index contributed by atoms with van der Waals surface area (Å²) >= 11 is 6.05. The summed E-state index contributed by atoms with van der Waals surface area (Å²) in [6.07, 6.45) is 0.727. The van der Waals surface area contributed by atoms with Crippen LogP contribution < -0.4 is 5.32 Å². The Morgan fingerprint density at radius 1 is 1.29 bits per heavy atom. The monoisotopic (exact) mass is 251 g/mol. The van der Waals surface area contributed by atoms with Gasteiger partial charge in [0, 0.05) is 13.0 Å². The van der Waals surface area contributed by atoms with E-state index in [1.54, 1.807) is 6.07 Å². The van der Waals surface area contributed by atoms with Crippen LogP contribution in [0.25, 0.3) is 11.5 Å². The van der Waals surface area contributed by atoms with Crippen LogP contribution in [-0.2, 0) is 6.42 Å². The Kier molecular flexibility index (Phi) is 4.12. The zero-order valence-corrected chi connectivity index (χ0v) is 10.4. The molecule has 1 N–H and O–H groups in total. The van der Waals surface area contributed by atoms with Crippen LogP contribution in [-0.4, -0.2) is 23.3 Å². The first-order valence-corrected chi connectivity index (χ1v) is 5.97. The molecule has 0 bridgehead atoms. The van der Waals surface area contributed by atoms with Gasteiger partial charge in [0.2, 0.25) is 11.8 Å². The third-order valence-electron chi connectivity index (χ3n) is 2.34. The van der Waals surface area contributed by atoms with E-state index in [2.05, 4.69) is 22.4 Å². The normalized spacial score (nSPS) is 10.7. The molecule has 2 aromatic rings. The highest BCUT2D eigenvalue weighted by molar-refractivity contribution is 6.33. The number of benzene rings is 1. The summed E-state index contributed by atoms with van der Waals surface area (Å²) in [4.78, 5) is 0. The summed E-state index contributed by atoms with van der Waals surface area (Å²) in [5, 5.41) is 11.8. The van der Waals surface area contributed by atoms with Gasteiger partial charge in [-0.3, -0.25) is 0 Å². The molecule has 90 valence electrons. The van der Waals surface area contributed by atoms with Gasteiger partial charge in [0.05, 0.1) is 10.6 Å². The third-order valence-corrected chi connectivity index (χ3v) is 2.67. The van der Waals surface area contributed by atoms with Crippen LogP contribution in [0, 0.1) is 0 Å². The average Bonchev–Trinajstić information content (AvgIpc) is 2.79. The maximum Gasteiger partial charge on any atom is 0.249 e. The molecule has 1 heterocycles. The minimum Gasteiger partial charge on any atom is -0.421 e. The van der Waals surface area contributed by atoms with Gasteiger partial charge in [-0.05, 0) is 18.7 Å². The van der Waals surface area contributed by atoms with E-state index in [-0.39, 0.29) is 0 Å². The Hall–Kier alpha value is -1.39. The summed E-state index contributed by atoms with van der Waals surface area (Å²) < 4.78 is 5.55. The van der Waals surface area contributed by atoms with Gasteiger partial charge in [-0.1, -0.05) is 30.7 Å². The van der Waals surface area contributed by atoms with Gasteiger partial charge in [0.15, 0.2) is 0 Å². The smallest absolute Gasteiger partial charge is 0.249 e. The van der Waals surface area contributed by atoms with E-state index in [0.717, 1.165) is 25.1 Å². The van der Waals surface area contributed by atoms with Gasteiger partial charge in [-0.2, -0.15) is 0 Å². The van der Waals surface area contributed by atoms with E-state index < -0.39 is 0 Å². The SMILES string of the molecule is CCNCCc1nnc(-c2ccccc2Cl)o1. The molecular weight excluding hydrogens is 238 g/mol. The molecule has 0 spiro atoms. The first kappa shape index (κ1) is 12.1. The molecule has 17 heavy (non-hydrogen) atoms. The molecule has 0 unspecified atom stereocenters. The highest BCUT2D eigenvalue weighted by atomic mass is 35.5. The van der Waals surface area contributed by atoms with Crippen LogP contribution in [0.5, 0.6) is 0 Å². The molecule has 0 aliphatic rings. The number of aromatic nitrogens is 2. The topological polar surface area (TPSA) is 51.0 Å². The molecule has 0 saturated heterocycles. The molecule has 5 heteroatoms. The second-order valence-corrected chi connectivity index (χ2v) is 3.99. The van der Waals surface area contributed by atoms with Crippen molar-refractivity contribution in [1.29, 1.82) is 0 Å². The highest BCUT2D eigenvalue weighted by Crippen LogP contribution is 2.26. The number of rotatable bonds is 5. The second kappa shape index (κ2) is 5.80. The fraction of sp³-hybridized carbons (Fsp3) is 0.333. The van der Waals surface area contributed by atoms with Crippen molar-refractivity contribution in [2.75, 3.05) is 13.1 Å². The second-order valence-electron chi connectivity index (χ2n) is 3.58. The number of nitrogens with one attached hydrogen (secondary N) is 1. The molecule has 2 rings (SSSR count). The van der Waals surface area contributed by atoms with Crippen LogP contribution in [0.1, 0.15) is 12.8 Å². The molecule has 0 amide bonds. The molecule has 0 aliphatic carbocycles. The molecule has 1 aromatic heterocycles. The standard InChI is InChI=1S/C12H14ClN3O/c1-2-14-8-7-11-15-16-12(17-11)9-5-3-4-6-10(9)13/h3-6,14H,2,7-8H2,1H3. The lowest BCUT2D eigenvalue weighted by Crippen LogP contribution is -2.16. The van der Waals surface area contributed by atoms with Crippen molar-refractivity contribution in [1.82, 2.24) is 15.5 Å². The maximum atomic E-state index is 6.05. The number of nitrogens with zero attached hydrogens (tertiary/aromatic N) is 2. The molecule has 0 atom stereocenters. The predicted molar refractivity (Wildman–Crippen MR) is 67.0 cm³/mol. The first-order chi connectivity index (χ1) is 8.31. The van der Waals surface area contributed by atoms with Gasteiger partial charge in [-0.15, -0.1) is 10.2 Å². The van der Waals surface area contributed by atoms with E-state index in [1.165, 1.54) is 0 Å².